The van der Waals surface area contributed by atoms with E-state index < -0.39 is 11.7 Å². The van der Waals surface area contributed by atoms with Crippen molar-refractivity contribution in [2.24, 2.45) is 0 Å². The van der Waals surface area contributed by atoms with Crippen LogP contribution in [0.15, 0.2) is 41.1 Å². The number of halogens is 3. The maximum atomic E-state index is 12.9. The summed E-state index contributed by atoms with van der Waals surface area (Å²) in [6.45, 7) is 2.20. The Bertz CT molecular complexity index is 534. The largest absolute Gasteiger partial charge is 0.416 e. The van der Waals surface area contributed by atoms with Crippen LogP contribution in [0.2, 0.25) is 0 Å². The van der Waals surface area contributed by atoms with Crippen LogP contribution in [0.5, 0.6) is 0 Å². The maximum absolute atomic E-state index is 12.9. The summed E-state index contributed by atoms with van der Waals surface area (Å²) in [4.78, 5) is 0. The average molecular weight is 299 g/mol. The SMILES string of the molecule is CC(Cc1ccsc1)NCc1ccccc1C(F)(F)F. The van der Waals surface area contributed by atoms with Gasteiger partial charge in [0.1, 0.15) is 0 Å². The minimum Gasteiger partial charge on any atom is -0.310 e. The Morgan fingerprint density at radius 3 is 2.60 bits per heavy atom. The van der Waals surface area contributed by atoms with Gasteiger partial charge in [-0.3, -0.25) is 0 Å². The van der Waals surface area contributed by atoms with Gasteiger partial charge in [0.15, 0.2) is 0 Å². The van der Waals surface area contributed by atoms with Gasteiger partial charge in [-0.15, -0.1) is 0 Å². The van der Waals surface area contributed by atoms with Crippen molar-refractivity contribution in [3.05, 3.63) is 57.8 Å². The molecule has 108 valence electrons. The predicted octanol–water partition coefficient (Wildman–Crippen LogP) is 4.49. The van der Waals surface area contributed by atoms with Gasteiger partial charge in [0.2, 0.25) is 0 Å². The highest BCUT2D eigenvalue weighted by atomic mass is 32.1. The zero-order chi connectivity index (χ0) is 14.6. The fourth-order valence-corrected chi connectivity index (χ4v) is 2.75. The van der Waals surface area contributed by atoms with E-state index in [1.54, 1.807) is 17.4 Å². The number of thiophene rings is 1. The molecule has 0 aliphatic heterocycles. The van der Waals surface area contributed by atoms with Crippen molar-refractivity contribution in [1.82, 2.24) is 5.32 Å². The summed E-state index contributed by atoms with van der Waals surface area (Å²) in [5, 5.41) is 7.21. The molecule has 1 heterocycles. The molecule has 1 aromatic heterocycles. The minimum atomic E-state index is -4.30. The molecule has 0 fully saturated rings. The molecule has 1 N–H and O–H groups in total. The van der Waals surface area contributed by atoms with Gasteiger partial charge in [-0.2, -0.15) is 24.5 Å². The van der Waals surface area contributed by atoms with Crippen molar-refractivity contribution in [3.8, 4) is 0 Å². The van der Waals surface area contributed by atoms with Gasteiger partial charge in [-0.05, 0) is 47.4 Å². The maximum Gasteiger partial charge on any atom is 0.416 e. The lowest BCUT2D eigenvalue weighted by Gasteiger charge is -2.16. The second-order valence-corrected chi connectivity index (χ2v) is 5.55. The lowest BCUT2D eigenvalue weighted by Crippen LogP contribution is -2.28. The fraction of sp³-hybridized carbons (Fsp3) is 0.333. The van der Waals surface area contributed by atoms with Crippen molar-refractivity contribution in [2.75, 3.05) is 0 Å². The van der Waals surface area contributed by atoms with Crippen molar-refractivity contribution >= 4 is 11.3 Å². The Hall–Kier alpha value is -1.33. The number of alkyl halides is 3. The summed E-state index contributed by atoms with van der Waals surface area (Å²) in [5.41, 5.74) is 0.937. The second-order valence-electron chi connectivity index (χ2n) is 4.77. The van der Waals surface area contributed by atoms with Crippen molar-refractivity contribution in [2.45, 2.75) is 32.1 Å². The molecule has 0 saturated heterocycles. The number of benzene rings is 1. The number of hydrogen-bond acceptors (Lipinski definition) is 2. The van der Waals surface area contributed by atoms with Gasteiger partial charge in [-0.25, -0.2) is 0 Å². The molecular formula is C15H16F3NS. The number of hydrogen-bond donors (Lipinski definition) is 1. The molecule has 0 radical (unpaired) electrons. The van der Waals surface area contributed by atoms with E-state index >= 15 is 0 Å². The monoisotopic (exact) mass is 299 g/mol. The van der Waals surface area contributed by atoms with Crippen LogP contribution in [-0.4, -0.2) is 6.04 Å². The molecule has 0 saturated carbocycles. The van der Waals surface area contributed by atoms with Crippen LogP contribution in [0.1, 0.15) is 23.6 Å². The van der Waals surface area contributed by atoms with E-state index in [-0.39, 0.29) is 18.2 Å². The third kappa shape index (κ3) is 4.08. The molecule has 0 aliphatic carbocycles. The summed E-state index contributed by atoms with van der Waals surface area (Å²) in [7, 11) is 0. The van der Waals surface area contributed by atoms with E-state index in [2.05, 4.69) is 10.7 Å². The van der Waals surface area contributed by atoms with Crippen LogP contribution in [0.25, 0.3) is 0 Å². The van der Waals surface area contributed by atoms with E-state index in [1.165, 1.54) is 17.7 Å². The Labute approximate surface area is 120 Å². The summed E-state index contributed by atoms with van der Waals surface area (Å²) >= 11 is 1.63. The minimum absolute atomic E-state index is 0.130. The Morgan fingerprint density at radius 1 is 1.20 bits per heavy atom. The van der Waals surface area contributed by atoms with Gasteiger partial charge in [-0.1, -0.05) is 18.2 Å². The molecule has 5 heteroatoms. The van der Waals surface area contributed by atoms with Crippen molar-refractivity contribution in [3.63, 3.8) is 0 Å². The van der Waals surface area contributed by atoms with Gasteiger partial charge in [0.05, 0.1) is 5.56 Å². The second kappa shape index (κ2) is 6.41. The van der Waals surface area contributed by atoms with Crippen molar-refractivity contribution in [1.29, 1.82) is 0 Å². The van der Waals surface area contributed by atoms with Gasteiger partial charge < -0.3 is 5.32 Å². The van der Waals surface area contributed by atoms with E-state index in [1.807, 2.05) is 18.4 Å². The van der Waals surface area contributed by atoms with E-state index in [4.69, 9.17) is 0 Å². The van der Waals surface area contributed by atoms with Crippen LogP contribution in [-0.2, 0) is 19.1 Å². The molecular weight excluding hydrogens is 283 g/mol. The fourth-order valence-electron chi connectivity index (χ4n) is 2.07. The lowest BCUT2D eigenvalue weighted by molar-refractivity contribution is -0.138. The van der Waals surface area contributed by atoms with Crippen LogP contribution in [0.3, 0.4) is 0 Å². The predicted molar refractivity (Wildman–Crippen MR) is 75.8 cm³/mol. The quantitative estimate of drug-likeness (QED) is 0.858. The molecule has 20 heavy (non-hydrogen) atoms. The summed E-state index contributed by atoms with van der Waals surface area (Å²) < 4.78 is 38.6. The average Bonchev–Trinajstić information content (AvgIpc) is 2.88. The molecule has 1 aromatic carbocycles. The van der Waals surface area contributed by atoms with Crippen molar-refractivity contribution < 1.29 is 13.2 Å². The van der Waals surface area contributed by atoms with Gasteiger partial charge >= 0.3 is 6.18 Å². The molecule has 2 rings (SSSR count). The highest BCUT2D eigenvalue weighted by Gasteiger charge is 2.32. The van der Waals surface area contributed by atoms with E-state index in [0.717, 1.165) is 12.5 Å². The first-order valence-corrected chi connectivity index (χ1v) is 7.30. The standard InChI is InChI=1S/C15H16F3NS/c1-11(8-12-6-7-20-10-12)19-9-13-4-2-3-5-14(13)15(16,17)18/h2-7,10-11,19H,8-9H2,1H3. The van der Waals surface area contributed by atoms with E-state index in [0.29, 0.717) is 0 Å². The third-order valence-electron chi connectivity index (χ3n) is 3.09. The summed E-state index contributed by atoms with van der Waals surface area (Å²) in [6.07, 6.45) is -3.48. The molecule has 1 nitrogen and oxygen atoms in total. The zero-order valence-corrected chi connectivity index (χ0v) is 11.9. The van der Waals surface area contributed by atoms with Crippen LogP contribution >= 0.6 is 11.3 Å². The molecule has 0 aliphatic rings. The molecule has 0 amide bonds. The topological polar surface area (TPSA) is 12.0 Å². The molecule has 1 atom stereocenters. The molecule has 0 bridgehead atoms. The van der Waals surface area contributed by atoms with Crippen LogP contribution < -0.4 is 5.32 Å². The third-order valence-corrected chi connectivity index (χ3v) is 3.82. The highest BCUT2D eigenvalue weighted by Crippen LogP contribution is 2.31. The Morgan fingerprint density at radius 2 is 1.95 bits per heavy atom. The van der Waals surface area contributed by atoms with Gasteiger partial charge in [0, 0.05) is 12.6 Å². The first kappa shape index (κ1) is 15.1. The molecule has 1 unspecified atom stereocenters. The first-order valence-electron chi connectivity index (χ1n) is 6.36. The number of rotatable bonds is 5. The van der Waals surface area contributed by atoms with Crippen LogP contribution in [0.4, 0.5) is 13.2 Å². The summed E-state index contributed by atoms with van der Waals surface area (Å²) in [5.74, 6) is 0. The summed E-state index contributed by atoms with van der Waals surface area (Å²) in [6, 6.07) is 7.86. The molecule has 2 aromatic rings. The smallest absolute Gasteiger partial charge is 0.310 e. The lowest BCUT2D eigenvalue weighted by atomic mass is 10.1. The van der Waals surface area contributed by atoms with Gasteiger partial charge in [0.25, 0.3) is 0 Å². The number of nitrogens with one attached hydrogen (secondary N) is 1. The first-order chi connectivity index (χ1) is 9.47. The zero-order valence-electron chi connectivity index (χ0n) is 11.1. The molecule has 0 spiro atoms. The highest BCUT2D eigenvalue weighted by molar-refractivity contribution is 7.07. The van der Waals surface area contributed by atoms with E-state index in [9.17, 15) is 13.2 Å². The Kier molecular flexibility index (Phi) is 4.83. The Balaban J connectivity index is 1.97. The van der Waals surface area contributed by atoms with Crippen LogP contribution in [0, 0.1) is 0 Å². The normalized spacial score (nSPS) is 13.4.